The molecule has 11 nitrogen and oxygen atoms in total. The summed E-state index contributed by atoms with van der Waals surface area (Å²) in [6.07, 6.45) is 1.43. The maximum atomic E-state index is 13.8. The van der Waals surface area contributed by atoms with Crippen LogP contribution in [0.15, 0.2) is 48.5 Å². The largest absolute Gasteiger partial charge is 0.508 e. The molecular formula is C29H38N4O7. The van der Waals surface area contributed by atoms with E-state index in [4.69, 9.17) is 5.73 Å². The van der Waals surface area contributed by atoms with Gasteiger partial charge in [-0.05, 0) is 67.0 Å². The Morgan fingerprint density at radius 1 is 0.900 bits per heavy atom. The van der Waals surface area contributed by atoms with E-state index < -0.39 is 47.9 Å². The van der Waals surface area contributed by atoms with Gasteiger partial charge in [-0.3, -0.25) is 14.4 Å². The van der Waals surface area contributed by atoms with Crippen LogP contribution >= 0.6 is 0 Å². The summed E-state index contributed by atoms with van der Waals surface area (Å²) in [6, 6.07) is 8.53. The highest BCUT2D eigenvalue weighted by Gasteiger charge is 2.39. The topological polar surface area (TPSA) is 182 Å². The highest BCUT2D eigenvalue weighted by Crippen LogP contribution is 2.21. The molecule has 4 atom stereocenters. The lowest BCUT2D eigenvalue weighted by Gasteiger charge is -2.30. The summed E-state index contributed by atoms with van der Waals surface area (Å²) in [5.74, 6) is -2.55. The lowest BCUT2D eigenvalue weighted by atomic mass is 10.0. The van der Waals surface area contributed by atoms with Gasteiger partial charge in [0.05, 0.1) is 6.04 Å². The molecule has 216 valence electrons. The van der Waals surface area contributed by atoms with E-state index in [-0.39, 0.29) is 43.2 Å². The second kappa shape index (κ2) is 13.8. The van der Waals surface area contributed by atoms with Crippen molar-refractivity contribution in [2.75, 3.05) is 6.54 Å². The number of phenolic OH excluding ortho intramolecular Hbond substituents is 2. The van der Waals surface area contributed by atoms with E-state index in [1.54, 1.807) is 24.3 Å². The third-order valence-corrected chi connectivity index (χ3v) is 6.88. The number of phenols is 2. The number of nitrogens with zero attached hydrogens (tertiary/aromatic N) is 1. The number of rotatable bonds is 12. The number of carbonyl (C=O) groups is 4. The van der Waals surface area contributed by atoms with Crippen LogP contribution in [0.4, 0.5) is 0 Å². The number of carboxylic acid groups (broad SMARTS) is 1. The molecule has 0 saturated carbocycles. The van der Waals surface area contributed by atoms with Crippen LogP contribution in [0.3, 0.4) is 0 Å². The number of nitrogens with two attached hydrogens (primary N) is 1. The van der Waals surface area contributed by atoms with Gasteiger partial charge in [-0.1, -0.05) is 38.1 Å². The quantitative estimate of drug-likeness (QED) is 0.227. The van der Waals surface area contributed by atoms with E-state index in [0.29, 0.717) is 18.4 Å². The fraction of sp³-hybridized carbons (Fsp3) is 0.448. The van der Waals surface area contributed by atoms with Crippen molar-refractivity contribution in [3.05, 3.63) is 59.7 Å². The zero-order chi connectivity index (χ0) is 29.4. The van der Waals surface area contributed by atoms with Crippen molar-refractivity contribution >= 4 is 23.7 Å². The lowest BCUT2D eigenvalue weighted by molar-refractivity contribution is -0.145. The van der Waals surface area contributed by atoms with Gasteiger partial charge in [0.1, 0.15) is 29.6 Å². The molecule has 1 saturated heterocycles. The van der Waals surface area contributed by atoms with Crippen molar-refractivity contribution in [2.24, 2.45) is 11.7 Å². The zero-order valence-electron chi connectivity index (χ0n) is 22.7. The number of hydrogen-bond donors (Lipinski definition) is 6. The number of nitrogens with one attached hydrogen (secondary N) is 2. The maximum absolute atomic E-state index is 13.8. The van der Waals surface area contributed by atoms with Crippen LogP contribution < -0.4 is 16.4 Å². The van der Waals surface area contributed by atoms with Gasteiger partial charge in [-0.2, -0.15) is 0 Å². The minimum absolute atomic E-state index is 0.0402. The van der Waals surface area contributed by atoms with Crippen molar-refractivity contribution in [1.29, 1.82) is 0 Å². The average molecular weight is 555 g/mol. The van der Waals surface area contributed by atoms with Gasteiger partial charge in [0.15, 0.2) is 0 Å². The molecule has 0 radical (unpaired) electrons. The molecule has 3 rings (SSSR count). The molecule has 0 aromatic heterocycles. The lowest BCUT2D eigenvalue weighted by Crippen LogP contribution is -2.57. The zero-order valence-corrected chi connectivity index (χ0v) is 22.7. The molecule has 0 spiro atoms. The normalized spacial score (nSPS) is 17.2. The van der Waals surface area contributed by atoms with Crippen LogP contribution in [-0.2, 0) is 32.0 Å². The van der Waals surface area contributed by atoms with Crippen molar-refractivity contribution < 1.29 is 34.5 Å². The van der Waals surface area contributed by atoms with Crippen LogP contribution in [0.5, 0.6) is 11.5 Å². The van der Waals surface area contributed by atoms with E-state index in [1.807, 2.05) is 13.8 Å². The first-order valence-electron chi connectivity index (χ1n) is 13.4. The minimum atomic E-state index is -1.14. The Kier molecular flexibility index (Phi) is 10.5. The summed E-state index contributed by atoms with van der Waals surface area (Å²) in [5, 5.41) is 34.0. The smallest absolute Gasteiger partial charge is 0.326 e. The Labute approximate surface area is 233 Å². The molecule has 1 heterocycles. The first kappa shape index (κ1) is 30.4. The molecule has 11 heteroatoms. The van der Waals surface area contributed by atoms with Gasteiger partial charge in [0, 0.05) is 13.0 Å². The van der Waals surface area contributed by atoms with E-state index in [1.165, 1.54) is 29.2 Å². The Morgan fingerprint density at radius 3 is 1.98 bits per heavy atom. The first-order valence-corrected chi connectivity index (χ1v) is 13.4. The number of aromatic hydroxyl groups is 2. The SMILES string of the molecule is CC(C)CC(NC(=O)C1CCCN1C(=O)C(Cc1ccc(O)cc1)NC(=O)C(N)Cc1ccc(O)cc1)C(=O)O. The monoisotopic (exact) mass is 554 g/mol. The van der Waals surface area contributed by atoms with Crippen molar-refractivity contribution in [2.45, 2.75) is 70.1 Å². The molecule has 1 aliphatic rings. The number of amides is 3. The molecule has 2 aromatic rings. The number of benzene rings is 2. The molecule has 3 amide bonds. The Bertz CT molecular complexity index is 1180. The predicted octanol–water partition coefficient (Wildman–Crippen LogP) is 1.30. The van der Waals surface area contributed by atoms with Crippen LogP contribution in [0.2, 0.25) is 0 Å². The number of hydrogen-bond acceptors (Lipinski definition) is 7. The molecule has 7 N–H and O–H groups in total. The third kappa shape index (κ3) is 8.44. The van der Waals surface area contributed by atoms with Crippen LogP contribution in [0, 0.1) is 5.92 Å². The van der Waals surface area contributed by atoms with Gasteiger partial charge in [0.2, 0.25) is 17.7 Å². The van der Waals surface area contributed by atoms with Crippen LogP contribution in [-0.4, -0.2) is 74.6 Å². The standard InChI is InChI=1S/C29H38N4O7/c1-17(2)14-24(29(39)40)32-27(37)25-4-3-13-33(25)28(38)23(16-19-7-11-21(35)12-8-19)31-26(36)22(30)15-18-5-9-20(34)10-6-18/h5-12,17,22-25,34-35H,3-4,13-16,30H2,1-2H3,(H,31,36)(H,32,37)(H,39,40). The number of aliphatic carboxylic acids is 1. The van der Waals surface area contributed by atoms with E-state index in [2.05, 4.69) is 10.6 Å². The molecule has 1 aliphatic heterocycles. The number of likely N-dealkylation sites (tertiary alicyclic amines) is 1. The predicted molar refractivity (Wildman–Crippen MR) is 147 cm³/mol. The minimum Gasteiger partial charge on any atom is -0.508 e. The third-order valence-electron chi connectivity index (χ3n) is 6.88. The molecule has 1 fully saturated rings. The Hall–Kier alpha value is -4.12. The van der Waals surface area contributed by atoms with E-state index >= 15 is 0 Å². The molecule has 0 bridgehead atoms. The Balaban J connectivity index is 1.77. The molecule has 4 unspecified atom stereocenters. The highest BCUT2D eigenvalue weighted by atomic mass is 16.4. The van der Waals surface area contributed by atoms with Gasteiger partial charge >= 0.3 is 5.97 Å². The van der Waals surface area contributed by atoms with E-state index in [0.717, 1.165) is 5.56 Å². The summed E-state index contributed by atoms with van der Waals surface area (Å²) >= 11 is 0. The fourth-order valence-corrected chi connectivity index (χ4v) is 4.79. The molecule has 2 aromatic carbocycles. The second-order valence-corrected chi connectivity index (χ2v) is 10.6. The van der Waals surface area contributed by atoms with Crippen molar-refractivity contribution in [1.82, 2.24) is 15.5 Å². The molecular weight excluding hydrogens is 516 g/mol. The number of carbonyl (C=O) groups excluding carboxylic acids is 3. The van der Waals surface area contributed by atoms with Gasteiger partial charge in [-0.25, -0.2) is 4.79 Å². The van der Waals surface area contributed by atoms with Gasteiger partial charge < -0.3 is 36.6 Å². The maximum Gasteiger partial charge on any atom is 0.326 e. The van der Waals surface area contributed by atoms with Gasteiger partial charge in [-0.15, -0.1) is 0 Å². The molecule has 40 heavy (non-hydrogen) atoms. The van der Waals surface area contributed by atoms with Crippen molar-refractivity contribution in [3.8, 4) is 11.5 Å². The molecule has 0 aliphatic carbocycles. The fourth-order valence-electron chi connectivity index (χ4n) is 4.79. The van der Waals surface area contributed by atoms with Crippen LogP contribution in [0.1, 0.15) is 44.2 Å². The summed E-state index contributed by atoms with van der Waals surface area (Å²) in [7, 11) is 0. The van der Waals surface area contributed by atoms with Crippen molar-refractivity contribution in [3.63, 3.8) is 0 Å². The summed E-state index contributed by atoms with van der Waals surface area (Å²) in [6.45, 7) is 3.99. The number of carboxylic acids is 1. The second-order valence-electron chi connectivity index (χ2n) is 10.6. The Morgan fingerprint density at radius 2 is 1.45 bits per heavy atom. The van der Waals surface area contributed by atoms with Crippen LogP contribution in [0.25, 0.3) is 0 Å². The average Bonchev–Trinajstić information content (AvgIpc) is 3.40. The van der Waals surface area contributed by atoms with Gasteiger partial charge in [0.25, 0.3) is 0 Å². The highest BCUT2D eigenvalue weighted by molar-refractivity contribution is 5.94. The summed E-state index contributed by atoms with van der Waals surface area (Å²) < 4.78 is 0. The summed E-state index contributed by atoms with van der Waals surface area (Å²) in [4.78, 5) is 53.1. The summed E-state index contributed by atoms with van der Waals surface area (Å²) in [5.41, 5.74) is 7.55. The first-order chi connectivity index (χ1) is 18.9. The van der Waals surface area contributed by atoms with E-state index in [9.17, 15) is 34.5 Å².